The van der Waals surface area contributed by atoms with E-state index < -0.39 is 0 Å². The molecule has 104 valence electrons. The molecule has 5 heteroatoms. The molecule has 0 fully saturated rings. The van der Waals surface area contributed by atoms with Crippen molar-refractivity contribution >= 4 is 22.4 Å². The number of carbonyl (C=O) groups is 1. The lowest BCUT2D eigenvalue weighted by Crippen LogP contribution is -3.08. The first-order valence-electron chi connectivity index (χ1n) is 6.84. The maximum Gasteiger partial charge on any atom is 0.230 e. The third-order valence-corrected chi connectivity index (χ3v) is 4.50. The minimum Gasteiger partial charge on any atom is -0.333 e. The van der Waals surface area contributed by atoms with Crippen molar-refractivity contribution in [2.75, 3.05) is 18.9 Å². The normalized spacial score (nSPS) is 17.6. The fraction of sp³-hybridized carbons (Fsp3) is 0.333. The molecule has 1 unspecified atom stereocenters. The van der Waals surface area contributed by atoms with Crippen LogP contribution in [0.15, 0.2) is 30.3 Å². The maximum absolute atomic E-state index is 12.0. The van der Waals surface area contributed by atoms with Crippen LogP contribution >= 0.6 is 11.3 Å². The number of likely N-dealkylation sites (N-methyl/N-ethyl adjacent to an activating group) is 1. The zero-order chi connectivity index (χ0) is 13.9. The number of aromatic nitrogens is 1. The predicted molar refractivity (Wildman–Crippen MR) is 80.1 cm³/mol. The lowest BCUT2D eigenvalue weighted by molar-refractivity contribution is -0.895. The summed E-state index contributed by atoms with van der Waals surface area (Å²) in [5.41, 5.74) is 2.19. The van der Waals surface area contributed by atoms with Gasteiger partial charge in [0.25, 0.3) is 0 Å². The smallest absolute Gasteiger partial charge is 0.230 e. The number of rotatable bonds is 3. The summed E-state index contributed by atoms with van der Waals surface area (Å²) in [6.45, 7) is 2.13. The Kier molecular flexibility index (Phi) is 3.80. The molecule has 1 amide bonds. The highest BCUT2D eigenvalue weighted by Crippen LogP contribution is 2.24. The first-order valence-corrected chi connectivity index (χ1v) is 7.66. The standard InChI is InChI=1S/C15H17N3OS/c1-18-8-7-12-13(10-18)20-15(16-12)17-14(19)9-11-5-3-2-4-6-11/h2-6H,7-10H2,1H3,(H,16,17,19)/p+1. The second kappa shape index (κ2) is 5.73. The van der Waals surface area contributed by atoms with Gasteiger partial charge in [-0.2, -0.15) is 0 Å². The summed E-state index contributed by atoms with van der Waals surface area (Å²) in [7, 11) is 2.19. The molecule has 0 radical (unpaired) electrons. The molecule has 1 aliphatic rings. The summed E-state index contributed by atoms with van der Waals surface area (Å²) in [6.07, 6.45) is 1.41. The van der Waals surface area contributed by atoms with E-state index in [4.69, 9.17) is 0 Å². The summed E-state index contributed by atoms with van der Waals surface area (Å²) in [6, 6.07) is 9.78. The van der Waals surface area contributed by atoms with Gasteiger partial charge in [-0.05, 0) is 5.56 Å². The van der Waals surface area contributed by atoms with Gasteiger partial charge in [0.2, 0.25) is 5.91 Å². The Labute approximate surface area is 122 Å². The quantitative estimate of drug-likeness (QED) is 0.881. The van der Waals surface area contributed by atoms with E-state index >= 15 is 0 Å². The van der Waals surface area contributed by atoms with Gasteiger partial charge >= 0.3 is 0 Å². The molecule has 1 atom stereocenters. The molecule has 0 spiro atoms. The van der Waals surface area contributed by atoms with Crippen LogP contribution in [-0.4, -0.2) is 24.5 Å². The molecule has 0 saturated carbocycles. The van der Waals surface area contributed by atoms with E-state index in [1.807, 2.05) is 30.3 Å². The van der Waals surface area contributed by atoms with Crippen LogP contribution in [-0.2, 0) is 24.2 Å². The molecule has 0 bridgehead atoms. The molecular formula is C15H18N3OS+. The summed E-state index contributed by atoms with van der Waals surface area (Å²) in [5, 5.41) is 3.66. The molecule has 2 aromatic rings. The fourth-order valence-electron chi connectivity index (χ4n) is 2.41. The Balaban J connectivity index is 1.65. The molecule has 1 aliphatic heterocycles. The highest BCUT2D eigenvalue weighted by Gasteiger charge is 2.21. The van der Waals surface area contributed by atoms with Gasteiger partial charge in [0, 0.05) is 6.42 Å². The molecule has 1 aromatic carbocycles. The number of fused-ring (bicyclic) bond motifs is 1. The number of nitrogens with zero attached hydrogens (tertiary/aromatic N) is 1. The second-order valence-corrected chi connectivity index (χ2v) is 6.32. The van der Waals surface area contributed by atoms with Gasteiger partial charge in [0.15, 0.2) is 5.13 Å². The summed E-state index contributed by atoms with van der Waals surface area (Å²) in [4.78, 5) is 19.4. The lowest BCUT2D eigenvalue weighted by Gasteiger charge is -2.17. The van der Waals surface area contributed by atoms with Gasteiger partial charge in [-0.1, -0.05) is 41.7 Å². The Hall–Kier alpha value is -1.72. The zero-order valence-electron chi connectivity index (χ0n) is 11.5. The number of nitrogens with one attached hydrogen (secondary N) is 2. The molecule has 1 aromatic heterocycles. The summed E-state index contributed by atoms with van der Waals surface area (Å²) < 4.78 is 0. The number of carbonyl (C=O) groups excluding carboxylic acids is 1. The van der Waals surface area contributed by atoms with Crippen molar-refractivity contribution in [1.82, 2.24) is 4.98 Å². The molecule has 3 rings (SSSR count). The topological polar surface area (TPSA) is 46.4 Å². The van der Waals surface area contributed by atoms with E-state index in [9.17, 15) is 4.79 Å². The first-order chi connectivity index (χ1) is 9.70. The van der Waals surface area contributed by atoms with Crippen molar-refractivity contribution in [3.63, 3.8) is 0 Å². The first kappa shape index (κ1) is 13.3. The van der Waals surface area contributed by atoms with E-state index in [2.05, 4.69) is 17.3 Å². The van der Waals surface area contributed by atoms with Crippen LogP contribution in [0.3, 0.4) is 0 Å². The zero-order valence-corrected chi connectivity index (χ0v) is 12.3. The average Bonchev–Trinajstić information content (AvgIpc) is 2.80. The summed E-state index contributed by atoms with van der Waals surface area (Å²) >= 11 is 1.61. The Morgan fingerprint density at radius 1 is 1.40 bits per heavy atom. The lowest BCUT2D eigenvalue weighted by atomic mass is 10.1. The molecule has 2 N–H and O–H groups in total. The van der Waals surface area contributed by atoms with Gasteiger partial charge in [0.05, 0.1) is 30.6 Å². The number of anilines is 1. The molecular weight excluding hydrogens is 270 g/mol. The van der Waals surface area contributed by atoms with Crippen molar-refractivity contribution < 1.29 is 9.69 Å². The second-order valence-electron chi connectivity index (χ2n) is 5.23. The molecule has 4 nitrogen and oxygen atoms in total. The monoisotopic (exact) mass is 288 g/mol. The number of thiazole rings is 1. The van der Waals surface area contributed by atoms with Crippen LogP contribution in [0.2, 0.25) is 0 Å². The van der Waals surface area contributed by atoms with Crippen LogP contribution in [0.25, 0.3) is 0 Å². The summed E-state index contributed by atoms with van der Waals surface area (Å²) in [5.74, 6) is 0.00278. The van der Waals surface area contributed by atoms with E-state index in [1.165, 1.54) is 9.78 Å². The molecule has 20 heavy (non-hydrogen) atoms. The van der Waals surface area contributed by atoms with Gasteiger partial charge < -0.3 is 10.2 Å². The van der Waals surface area contributed by atoms with Crippen LogP contribution in [0.4, 0.5) is 5.13 Å². The fourth-order valence-corrected chi connectivity index (χ4v) is 3.55. The van der Waals surface area contributed by atoms with Crippen LogP contribution < -0.4 is 10.2 Å². The van der Waals surface area contributed by atoms with Gasteiger partial charge in [-0.15, -0.1) is 0 Å². The largest absolute Gasteiger partial charge is 0.333 e. The number of amides is 1. The highest BCUT2D eigenvalue weighted by molar-refractivity contribution is 7.15. The molecule has 0 saturated heterocycles. The third kappa shape index (κ3) is 3.05. The minimum absolute atomic E-state index is 0.00278. The Morgan fingerprint density at radius 3 is 3.00 bits per heavy atom. The van der Waals surface area contributed by atoms with E-state index in [1.54, 1.807) is 11.3 Å². The third-order valence-electron chi connectivity index (χ3n) is 3.48. The number of benzene rings is 1. The van der Waals surface area contributed by atoms with Crippen LogP contribution in [0.5, 0.6) is 0 Å². The number of hydrogen-bond donors (Lipinski definition) is 2. The van der Waals surface area contributed by atoms with Crippen molar-refractivity contribution in [2.24, 2.45) is 0 Å². The van der Waals surface area contributed by atoms with E-state index in [0.717, 1.165) is 35.9 Å². The van der Waals surface area contributed by atoms with Gasteiger partial charge in [0.1, 0.15) is 6.54 Å². The van der Waals surface area contributed by atoms with E-state index in [0.29, 0.717) is 6.42 Å². The SMILES string of the molecule is C[NH+]1CCc2nc(NC(=O)Cc3ccccc3)sc2C1. The number of quaternary nitrogens is 1. The van der Waals surface area contributed by atoms with Crippen molar-refractivity contribution in [2.45, 2.75) is 19.4 Å². The highest BCUT2D eigenvalue weighted by atomic mass is 32.1. The van der Waals surface area contributed by atoms with Crippen LogP contribution in [0, 0.1) is 0 Å². The Bertz CT molecular complexity index is 609. The van der Waals surface area contributed by atoms with Crippen molar-refractivity contribution in [1.29, 1.82) is 0 Å². The van der Waals surface area contributed by atoms with Crippen molar-refractivity contribution in [3.05, 3.63) is 46.5 Å². The Morgan fingerprint density at radius 2 is 2.20 bits per heavy atom. The molecule has 2 heterocycles. The van der Waals surface area contributed by atoms with Gasteiger partial charge in [-0.3, -0.25) is 4.79 Å². The molecule has 0 aliphatic carbocycles. The minimum atomic E-state index is 0.00278. The van der Waals surface area contributed by atoms with Crippen molar-refractivity contribution in [3.8, 4) is 0 Å². The van der Waals surface area contributed by atoms with Crippen LogP contribution in [0.1, 0.15) is 16.1 Å². The maximum atomic E-state index is 12.0. The predicted octanol–water partition coefficient (Wildman–Crippen LogP) is 0.895. The van der Waals surface area contributed by atoms with Gasteiger partial charge in [-0.25, -0.2) is 4.98 Å². The average molecular weight is 288 g/mol. The number of hydrogen-bond acceptors (Lipinski definition) is 3. The van der Waals surface area contributed by atoms with E-state index in [-0.39, 0.29) is 5.91 Å².